The Balaban J connectivity index is 1.68. The maximum Gasteiger partial charge on any atom is 0.0697 e. The molecule has 1 saturated heterocycles. The van der Waals surface area contributed by atoms with Crippen LogP contribution in [0.25, 0.3) is 0 Å². The number of ether oxygens (including phenoxy) is 1. The predicted molar refractivity (Wildman–Crippen MR) is 80.6 cm³/mol. The molecule has 1 aliphatic carbocycles. The Morgan fingerprint density at radius 1 is 1.37 bits per heavy atom. The standard InChI is InChI=1S/C16H32N2O/c1-4-14(2)18(3)11-10-17-15-7-12-19-16(13-15)8-5-6-9-16/h14-15,17H,4-13H2,1-3H3. The van der Waals surface area contributed by atoms with Crippen molar-refractivity contribution in [3.63, 3.8) is 0 Å². The van der Waals surface area contributed by atoms with Gasteiger partial charge in [-0.1, -0.05) is 19.8 Å². The van der Waals surface area contributed by atoms with Crippen LogP contribution < -0.4 is 5.32 Å². The molecule has 1 spiro atoms. The highest BCUT2D eigenvalue weighted by Gasteiger charge is 2.39. The average molecular weight is 268 g/mol. The molecular formula is C16H32N2O. The Hall–Kier alpha value is -0.120. The molecule has 2 aliphatic rings. The predicted octanol–water partition coefficient (Wildman–Crippen LogP) is 2.80. The first-order valence-corrected chi connectivity index (χ1v) is 8.23. The molecule has 0 amide bonds. The van der Waals surface area contributed by atoms with Crippen LogP contribution in [0, 0.1) is 0 Å². The lowest BCUT2D eigenvalue weighted by molar-refractivity contribution is -0.0836. The third-order valence-corrected chi connectivity index (χ3v) is 5.25. The van der Waals surface area contributed by atoms with E-state index < -0.39 is 0 Å². The van der Waals surface area contributed by atoms with Crippen molar-refractivity contribution >= 4 is 0 Å². The van der Waals surface area contributed by atoms with E-state index in [0.717, 1.165) is 19.7 Å². The van der Waals surface area contributed by atoms with Crippen LogP contribution in [0.4, 0.5) is 0 Å². The molecule has 1 N–H and O–H groups in total. The van der Waals surface area contributed by atoms with Gasteiger partial charge >= 0.3 is 0 Å². The number of hydrogen-bond donors (Lipinski definition) is 1. The van der Waals surface area contributed by atoms with Crippen molar-refractivity contribution in [2.45, 2.75) is 76.5 Å². The zero-order chi connectivity index (χ0) is 13.7. The Morgan fingerprint density at radius 3 is 2.79 bits per heavy atom. The van der Waals surface area contributed by atoms with E-state index >= 15 is 0 Å². The van der Waals surface area contributed by atoms with Crippen LogP contribution in [0.1, 0.15) is 58.8 Å². The Labute approximate surface area is 119 Å². The highest BCUT2D eigenvalue weighted by molar-refractivity contribution is 4.93. The molecule has 1 heterocycles. The van der Waals surface area contributed by atoms with Gasteiger partial charge in [-0.05, 0) is 46.1 Å². The summed E-state index contributed by atoms with van der Waals surface area (Å²) in [6.07, 6.45) is 8.97. The molecule has 0 aromatic rings. The molecular weight excluding hydrogens is 236 g/mol. The molecule has 0 radical (unpaired) electrons. The van der Waals surface area contributed by atoms with E-state index in [2.05, 4.69) is 31.1 Å². The molecule has 112 valence electrons. The first kappa shape index (κ1) is 15.3. The van der Waals surface area contributed by atoms with Gasteiger partial charge in [-0.2, -0.15) is 0 Å². The molecule has 2 unspecified atom stereocenters. The lowest BCUT2D eigenvalue weighted by Gasteiger charge is -2.39. The fraction of sp³-hybridized carbons (Fsp3) is 1.00. The van der Waals surface area contributed by atoms with Gasteiger partial charge in [0, 0.05) is 31.8 Å². The molecule has 1 saturated carbocycles. The van der Waals surface area contributed by atoms with Crippen molar-refractivity contribution in [1.29, 1.82) is 0 Å². The van der Waals surface area contributed by atoms with Gasteiger partial charge in [0.25, 0.3) is 0 Å². The highest BCUT2D eigenvalue weighted by atomic mass is 16.5. The van der Waals surface area contributed by atoms with E-state index in [-0.39, 0.29) is 5.60 Å². The first-order chi connectivity index (χ1) is 9.15. The Morgan fingerprint density at radius 2 is 2.11 bits per heavy atom. The van der Waals surface area contributed by atoms with Crippen LogP contribution in [0.2, 0.25) is 0 Å². The van der Waals surface area contributed by atoms with E-state index in [0.29, 0.717) is 12.1 Å². The highest BCUT2D eigenvalue weighted by Crippen LogP contribution is 2.39. The second kappa shape index (κ2) is 7.05. The van der Waals surface area contributed by atoms with Gasteiger partial charge in [0.05, 0.1) is 5.60 Å². The molecule has 2 atom stereocenters. The molecule has 2 rings (SSSR count). The summed E-state index contributed by atoms with van der Waals surface area (Å²) in [7, 11) is 2.23. The van der Waals surface area contributed by atoms with Crippen LogP contribution in [-0.2, 0) is 4.74 Å². The molecule has 0 aromatic carbocycles. The summed E-state index contributed by atoms with van der Waals surface area (Å²) in [5, 5.41) is 3.76. The van der Waals surface area contributed by atoms with Crippen LogP contribution in [-0.4, -0.2) is 49.3 Å². The third-order valence-electron chi connectivity index (χ3n) is 5.25. The van der Waals surface area contributed by atoms with Crippen LogP contribution >= 0.6 is 0 Å². The van der Waals surface area contributed by atoms with Crippen molar-refractivity contribution in [3.8, 4) is 0 Å². The average Bonchev–Trinajstić information content (AvgIpc) is 2.85. The minimum absolute atomic E-state index is 0.249. The largest absolute Gasteiger partial charge is 0.375 e. The zero-order valence-corrected chi connectivity index (χ0v) is 13.1. The summed E-state index contributed by atoms with van der Waals surface area (Å²) < 4.78 is 6.09. The van der Waals surface area contributed by atoms with Gasteiger partial charge in [-0.3, -0.25) is 0 Å². The minimum atomic E-state index is 0.249. The second-order valence-corrected chi connectivity index (χ2v) is 6.62. The number of hydrogen-bond acceptors (Lipinski definition) is 3. The maximum atomic E-state index is 6.09. The first-order valence-electron chi connectivity index (χ1n) is 8.23. The summed E-state index contributed by atoms with van der Waals surface area (Å²) in [6.45, 7) is 7.79. The summed E-state index contributed by atoms with van der Waals surface area (Å²) in [4.78, 5) is 2.46. The molecule has 3 heteroatoms. The van der Waals surface area contributed by atoms with Crippen molar-refractivity contribution in [1.82, 2.24) is 10.2 Å². The van der Waals surface area contributed by atoms with Crippen LogP contribution in [0.3, 0.4) is 0 Å². The van der Waals surface area contributed by atoms with E-state index in [1.807, 2.05) is 0 Å². The summed E-state index contributed by atoms with van der Waals surface area (Å²) in [6, 6.07) is 1.37. The molecule has 2 fully saturated rings. The minimum Gasteiger partial charge on any atom is -0.375 e. The fourth-order valence-electron chi connectivity index (χ4n) is 3.55. The summed E-state index contributed by atoms with van der Waals surface area (Å²) in [5.74, 6) is 0. The third kappa shape index (κ3) is 4.17. The van der Waals surface area contributed by atoms with Crippen LogP contribution in [0.5, 0.6) is 0 Å². The number of nitrogens with one attached hydrogen (secondary N) is 1. The maximum absolute atomic E-state index is 6.09. The SMILES string of the molecule is CCC(C)N(C)CCNC1CCOC2(CCCC2)C1. The van der Waals surface area contributed by atoms with Crippen molar-refractivity contribution in [2.24, 2.45) is 0 Å². The van der Waals surface area contributed by atoms with Gasteiger partial charge in [-0.15, -0.1) is 0 Å². The molecule has 1 aliphatic heterocycles. The molecule has 0 bridgehead atoms. The lowest BCUT2D eigenvalue weighted by atomic mass is 9.89. The Bertz CT molecular complexity index is 263. The van der Waals surface area contributed by atoms with Gasteiger partial charge in [0.1, 0.15) is 0 Å². The quantitative estimate of drug-likeness (QED) is 0.801. The summed E-state index contributed by atoms with van der Waals surface area (Å²) in [5.41, 5.74) is 0.249. The van der Waals surface area contributed by atoms with E-state index in [4.69, 9.17) is 4.74 Å². The van der Waals surface area contributed by atoms with Crippen molar-refractivity contribution < 1.29 is 4.74 Å². The van der Waals surface area contributed by atoms with E-state index in [1.165, 1.54) is 44.9 Å². The van der Waals surface area contributed by atoms with E-state index in [1.54, 1.807) is 0 Å². The number of nitrogens with zero attached hydrogens (tertiary/aromatic N) is 1. The fourth-order valence-corrected chi connectivity index (χ4v) is 3.55. The topological polar surface area (TPSA) is 24.5 Å². The number of rotatable bonds is 6. The van der Waals surface area contributed by atoms with Crippen molar-refractivity contribution in [2.75, 3.05) is 26.7 Å². The Kier molecular flexibility index (Phi) is 5.67. The van der Waals surface area contributed by atoms with Crippen LogP contribution in [0.15, 0.2) is 0 Å². The van der Waals surface area contributed by atoms with Gasteiger partial charge in [0.15, 0.2) is 0 Å². The van der Waals surface area contributed by atoms with Crippen molar-refractivity contribution in [3.05, 3.63) is 0 Å². The molecule has 19 heavy (non-hydrogen) atoms. The second-order valence-electron chi connectivity index (χ2n) is 6.62. The lowest BCUT2D eigenvalue weighted by Crippen LogP contribution is -2.47. The molecule has 3 nitrogen and oxygen atoms in total. The smallest absolute Gasteiger partial charge is 0.0697 e. The molecule has 0 aromatic heterocycles. The van der Waals surface area contributed by atoms with Gasteiger partial charge in [0.2, 0.25) is 0 Å². The summed E-state index contributed by atoms with van der Waals surface area (Å²) >= 11 is 0. The number of likely N-dealkylation sites (N-methyl/N-ethyl adjacent to an activating group) is 1. The van der Waals surface area contributed by atoms with Gasteiger partial charge < -0.3 is 15.0 Å². The monoisotopic (exact) mass is 268 g/mol. The zero-order valence-electron chi connectivity index (χ0n) is 13.1. The van der Waals surface area contributed by atoms with Gasteiger partial charge in [-0.25, -0.2) is 0 Å². The normalized spacial score (nSPS) is 28.1. The van der Waals surface area contributed by atoms with E-state index in [9.17, 15) is 0 Å².